The highest BCUT2D eigenvalue weighted by atomic mass is 15.1. The topological polar surface area (TPSA) is 43.8 Å². The van der Waals surface area contributed by atoms with Gasteiger partial charge < -0.3 is 10.3 Å². The second kappa shape index (κ2) is 5.71. The van der Waals surface area contributed by atoms with Crippen LogP contribution in [-0.4, -0.2) is 9.55 Å². The van der Waals surface area contributed by atoms with Gasteiger partial charge in [-0.3, -0.25) is 0 Å². The molecule has 1 aromatic heterocycles. The number of anilines is 1. The first-order valence-electron chi connectivity index (χ1n) is 6.66. The fourth-order valence-corrected chi connectivity index (χ4v) is 2.17. The molecule has 0 saturated carbocycles. The Morgan fingerprint density at radius 1 is 1.22 bits per heavy atom. The number of imidazole rings is 1. The van der Waals surface area contributed by atoms with Crippen molar-refractivity contribution in [3.05, 3.63) is 36.2 Å². The highest BCUT2D eigenvalue weighted by Gasteiger charge is 2.12. The molecule has 0 spiro atoms. The Labute approximate surface area is 109 Å². The monoisotopic (exact) mass is 243 g/mol. The number of aromatic nitrogens is 2. The zero-order chi connectivity index (χ0) is 13.0. The second-order valence-electron chi connectivity index (χ2n) is 4.54. The van der Waals surface area contributed by atoms with Crippen molar-refractivity contribution in [2.24, 2.45) is 0 Å². The number of hydrogen-bond donors (Lipinski definition) is 1. The van der Waals surface area contributed by atoms with Gasteiger partial charge in [0.2, 0.25) is 0 Å². The van der Waals surface area contributed by atoms with Gasteiger partial charge in [-0.2, -0.15) is 0 Å². The molecule has 2 N–H and O–H groups in total. The van der Waals surface area contributed by atoms with Crippen LogP contribution >= 0.6 is 0 Å². The van der Waals surface area contributed by atoms with Gasteiger partial charge in [-0.1, -0.05) is 44.5 Å². The number of benzene rings is 1. The van der Waals surface area contributed by atoms with Crippen molar-refractivity contribution in [1.82, 2.24) is 9.55 Å². The number of nitrogens with two attached hydrogens (primary N) is 1. The lowest BCUT2D eigenvalue weighted by atomic mass is 10.0. The fraction of sp³-hybridized carbons (Fsp3) is 0.400. The Hall–Kier alpha value is -1.77. The fourth-order valence-electron chi connectivity index (χ4n) is 2.17. The van der Waals surface area contributed by atoms with Crippen molar-refractivity contribution in [2.45, 2.75) is 39.7 Å². The molecule has 0 fully saturated rings. The Morgan fingerprint density at radius 3 is 2.72 bits per heavy atom. The largest absolute Gasteiger partial charge is 0.383 e. The van der Waals surface area contributed by atoms with Crippen LogP contribution in [0.4, 0.5) is 5.82 Å². The SMILES string of the molecule is CCCCn1cnc(-c2ccccc2CC)c1N. The molecule has 1 aromatic carbocycles. The minimum absolute atomic E-state index is 0.782. The summed E-state index contributed by atoms with van der Waals surface area (Å²) in [4.78, 5) is 4.49. The number of unbranched alkanes of at least 4 members (excludes halogenated alkanes) is 1. The maximum absolute atomic E-state index is 6.20. The van der Waals surface area contributed by atoms with E-state index in [9.17, 15) is 0 Å². The van der Waals surface area contributed by atoms with Gasteiger partial charge in [0.05, 0.1) is 6.33 Å². The molecule has 0 saturated heterocycles. The summed E-state index contributed by atoms with van der Waals surface area (Å²) in [5.74, 6) is 0.782. The molecule has 3 nitrogen and oxygen atoms in total. The molecule has 2 rings (SSSR count). The molecule has 18 heavy (non-hydrogen) atoms. The standard InChI is InChI=1S/C15H21N3/c1-3-5-10-18-11-17-14(15(18)16)13-9-7-6-8-12(13)4-2/h6-9,11H,3-5,10,16H2,1-2H3. The normalized spacial score (nSPS) is 10.8. The molecule has 3 heteroatoms. The predicted octanol–water partition coefficient (Wildman–Crippen LogP) is 3.49. The third-order valence-electron chi connectivity index (χ3n) is 3.28. The first-order chi connectivity index (χ1) is 8.77. The molecule has 0 aliphatic heterocycles. The number of nitrogens with zero attached hydrogens (tertiary/aromatic N) is 2. The maximum atomic E-state index is 6.20. The van der Waals surface area contributed by atoms with Crippen molar-refractivity contribution in [3.63, 3.8) is 0 Å². The molecule has 0 bridgehead atoms. The Morgan fingerprint density at radius 2 is 2.00 bits per heavy atom. The number of aryl methyl sites for hydroxylation is 2. The van der Waals surface area contributed by atoms with Crippen LogP contribution in [0, 0.1) is 0 Å². The average Bonchev–Trinajstić information content (AvgIpc) is 2.77. The Bertz CT molecular complexity index is 514. The van der Waals surface area contributed by atoms with E-state index in [4.69, 9.17) is 5.73 Å². The summed E-state index contributed by atoms with van der Waals surface area (Å²) in [5, 5.41) is 0. The first kappa shape index (κ1) is 12.7. The van der Waals surface area contributed by atoms with Crippen LogP contribution < -0.4 is 5.73 Å². The van der Waals surface area contributed by atoms with Crippen LogP contribution in [0.3, 0.4) is 0 Å². The van der Waals surface area contributed by atoms with Gasteiger partial charge in [0.1, 0.15) is 11.5 Å². The lowest BCUT2D eigenvalue weighted by molar-refractivity contribution is 0.637. The number of rotatable bonds is 5. The van der Waals surface area contributed by atoms with Gasteiger partial charge in [-0.05, 0) is 18.4 Å². The summed E-state index contributed by atoms with van der Waals surface area (Å²) in [6.45, 7) is 5.28. The third kappa shape index (κ3) is 2.40. The highest BCUT2D eigenvalue weighted by Crippen LogP contribution is 2.27. The van der Waals surface area contributed by atoms with Crippen LogP contribution in [0.1, 0.15) is 32.3 Å². The first-order valence-corrected chi connectivity index (χ1v) is 6.66. The van der Waals surface area contributed by atoms with Gasteiger partial charge in [0, 0.05) is 12.1 Å². The lowest BCUT2D eigenvalue weighted by Gasteiger charge is -2.07. The third-order valence-corrected chi connectivity index (χ3v) is 3.28. The molecule has 0 amide bonds. The molecule has 0 unspecified atom stereocenters. The van der Waals surface area contributed by atoms with E-state index in [1.807, 2.05) is 17.0 Å². The quantitative estimate of drug-likeness (QED) is 0.873. The summed E-state index contributed by atoms with van der Waals surface area (Å²) in [7, 11) is 0. The van der Waals surface area contributed by atoms with E-state index < -0.39 is 0 Å². The minimum atomic E-state index is 0.782. The maximum Gasteiger partial charge on any atom is 0.131 e. The average molecular weight is 243 g/mol. The van der Waals surface area contributed by atoms with Crippen molar-refractivity contribution < 1.29 is 0 Å². The van der Waals surface area contributed by atoms with Crippen molar-refractivity contribution in [3.8, 4) is 11.3 Å². The summed E-state index contributed by atoms with van der Waals surface area (Å²) < 4.78 is 2.05. The molecule has 0 radical (unpaired) electrons. The van der Waals surface area contributed by atoms with Gasteiger partial charge in [-0.25, -0.2) is 4.98 Å². The predicted molar refractivity (Wildman–Crippen MR) is 76.4 cm³/mol. The van der Waals surface area contributed by atoms with Crippen LogP contribution in [0.15, 0.2) is 30.6 Å². The van der Waals surface area contributed by atoms with Crippen molar-refractivity contribution in [2.75, 3.05) is 5.73 Å². The van der Waals surface area contributed by atoms with E-state index in [-0.39, 0.29) is 0 Å². The molecule has 0 atom stereocenters. The lowest BCUT2D eigenvalue weighted by Crippen LogP contribution is -2.02. The van der Waals surface area contributed by atoms with Crippen LogP contribution in [0.2, 0.25) is 0 Å². The van der Waals surface area contributed by atoms with E-state index in [1.54, 1.807) is 0 Å². The summed E-state index contributed by atoms with van der Waals surface area (Å²) in [5.41, 5.74) is 9.58. The van der Waals surface area contributed by atoms with Crippen LogP contribution in [0.25, 0.3) is 11.3 Å². The van der Waals surface area contributed by atoms with Crippen LogP contribution in [-0.2, 0) is 13.0 Å². The molecule has 0 aliphatic rings. The minimum Gasteiger partial charge on any atom is -0.383 e. The molecule has 96 valence electrons. The van der Waals surface area contributed by atoms with E-state index in [1.165, 1.54) is 12.0 Å². The summed E-state index contributed by atoms with van der Waals surface area (Å²) in [6.07, 6.45) is 5.15. The number of nitrogen functional groups attached to an aromatic ring is 1. The van der Waals surface area contributed by atoms with Crippen molar-refractivity contribution >= 4 is 5.82 Å². The van der Waals surface area contributed by atoms with Crippen molar-refractivity contribution in [1.29, 1.82) is 0 Å². The zero-order valence-electron chi connectivity index (χ0n) is 11.2. The summed E-state index contributed by atoms with van der Waals surface area (Å²) in [6, 6.07) is 8.34. The molecule has 2 aromatic rings. The number of hydrogen-bond acceptors (Lipinski definition) is 2. The molecular weight excluding hydrogens is 222 g/mol. The van der Waals surface area contributed by atoms with E-state index in [2.05, 4.69) is 37.0 Å². The molecule has 1 heterocycles. The van der Waals surface area contributed by atoms with Gasteiger partial charge in [-0.15, -0.1) is 0 Å². The Kier molecular flexibility index (Phi) is 4.03. The van der Waals surface area contributed by atoms with Gasteiger partial charge in [0.25, 0.3) is 0 Å². The Balaban J connectivity index is 2.36. The molecular formula is C15H21N3. The van der Waals surface area contributed by atoms with E-state index >= 15 is 0 Å². The molecule has 0 aliphatic carbocycles. The smallest absolute Gasteiger partial charge is 0.131 e. The van der Waals surface area contributed by atoms with E-state index in [0.29, 0.717) is 0 Å². The van der Waals surface area contributed by atoms with Gasteiger partial charge in [0.15, 0.2) is 0 Å². The summed E-state index contributed by atoms with van der Waals surface area (Å²) >= 11 is 0. The highest BCUT2D eigenvalue weighted by molar-refractivity contribution is 5.73. The van der Waals surface area contributed by atoms with Gasteiger partial charge >= 0.3 is 0 Å². The van der Waals surface area contributed by atoms with E-state index in [0.717, 1.165) is 36.5 Å². The second-order valence-corrected chi connectivity index (χ2v) is 4.54. The zero-order valence-corrected chi connectivity index (χ0v) is 11.2. The van der Waals surface area contributed by atoms with Crippen LogP contribution in [0.5, 0.6) is 0 Å².